The molecule has 1 saturated heterocycles. The van der Waals surface area contributed by atoms with Gasteiger partial charge in [-0.05, 0) is 24.8 Å². The van der Waals surface area contributed by atoms with Crippen molar-refractivity contribution < 1.29 is 4.74 Å². The molecule has 82 valence electrons. The van der Waals surface area contributed by atoms with Gasteiger partial charge in [0.1, 0.15) is 5.75 Å². The van der Waals surface area contributed by atoms with Gasteiger partial charge < -0.3 is 10.1 Å². The van der Waals surface area contributed by atoms with Gasteiger partial charge in [0, 0.05) is 17.4 Å². The second-order valence-electron chi connectivity index (χ2n) is 3.68. The van der Waals surface area contributed by atoms with Gasteiger partial charge in [-0.2, -0.15) is 11.8 Å². The van der Waals surface area contributed by atoms with Crippen LogP contribution in [0.25, 0.3) is 0 Å². The summed E-state index contributed by atoms with van der Waals surface area (Å²) in [7, 11) is 1.74. The Morgan fingerprint density at radius 1 is 1.40 bits per heavy atom. The van der Waals surface area contributed by atoms with Crippen molar-refractivity contribution in [3.05, 3.63) is 29.8 Å². The van der Waals surface area contributed by atoms with Crippen molar-refractivity contribution in [3.63, 3.8) is 0 Å². The van der Waals surface area contributed by atoms with Crippen molar-refractivity contribution in [2.24, 2.45) is 0 Å². The van der Waals surface area contributed by atoms with E-state index in [2.05, 4.69) is 17.4 Å². The summed E-state index contributed by atoms with van der Waals surface area (Å²) in [4.78, 5) is 0. The molecule has 2 nitrogen and oxygen atoms in total. The third kappa shape index (κ3) is 2.67. The van der Waals surface area contributed by atoms with Gasteiger partial charge in [0.2, 0.25) is 0 Å². The fraction of sp³-hybridized carbons (Fsp3) is 0.500. The van der Waals surface area contributed by atoms with E-state index in [0.29, 0.717) is 6.04 Å². The number of rotatable bonds is 2. The van der Waals surface area contributed by atoms with Crippen molar-refractivity contribution in [2.45, 2.75) is 12.5 Å². The normalized spacial score (nSPS) is 22.1. The van der Waals surface area contributed by atoms with Crippen molar-refractivity contribution >= 4 is 11.8 Å². The van der Waals surface area contributed by atoms with E-state index in [1.807, 2.05) is 23.9 Å². The number of para-hydroxylation sites is 1. The maximum absolute atomic E-state index is 5.39. The van der Waals surface area contributed by atoms with Crippen molar-refractivity contribution in [1.82, 2.24) is 5.32 Å². The summed E-state index contributed by atoms with van der Waals surface area (Å²) in [6, 6.07) is 8.73. The average Bonchev–Trinajstić information content (AvgIpc) is 2.57. The molecule has 0 spiro atoms. The SMILES string of the molecule is COc1ccccc1C1CSCCCN1. The highest BCUT2D eigenvalue weighted by atomic mass is 32.2. The maximum Gasteiger partial charge on any atom is 0.123 e. The van der Waals surface area contributed by atoms with Gasteiger partial charge in [-0.3, -0.25) is 0 Å². The van der Waals surface area contributed by atoms with Crippen LogP contribution >= 0.6 is 11.8 Å². The van der Waals surface area contributed by atoms with Crippen LogP contribution in [-0.4, -0.2) is 25.2 Å². The zero-order chi connectivity index (χ0) is 10.5. The van der Waals surface area contributed by atoms with Gasteiger partial charge in [-0.15, -0.1) is 0 Å². The monoisotopic (exact) mass is 223 g/mol. The Labute approximate surface area is 95.4 Å². The number of hydrogen-bond donors (Lipinski definition) is 1. The molecule has 1 atom stereocenters. The van der Waals surface area contributed by atoms with E-state index in [0.717, 1.165) is 18.0 Å². The molecule has 1 fully saturated rings. The third-order valence-corrected chi connectivity index (χ3v) is 3.80. The average molecular weight is 223 g/mol. The standard InChI is InChI=1S/C12H17NOS/c1-14-12-6-3-2-5-10(12)11-9-15-8-4-7-13-11/h2-3,5-6,11,13H,4,7-9H2,1H3. The second-order valence-corrected chi connectivity index (χ2v) is 4.83. The largest absolute Gasteiger partial charge is 0.496 e. The van der Waals surface area contributed by atoms with E-state index in [-0.39, 0.29) is 0 Å². The maximum atomic E-state index is 5.39. The highest BCUT2D eigenvalue weighted by molar-refractivity contribution is 7.99. The summed E-state index contributed by atoms with van der Waals surface area (Å²) < 4.78 is 5.39. The van der Waals surface area contributed by atoms with Gasteiger partial charge in [0.25, 0.3) is 0 Å². The molecule has 1 aliphatic rings. The Kier molecular flexibility index (Phi) is 3.92. The molecule has 2 rings (SSSR count). The van der Waals surface area contributed by atoms with E-state index in [1.54, 1.807) is 7.11 Å². The smallest absolute Gasteiger partial charge is 0.123 e. The molecule has 3 heteroatoms. The predicted octanol–water partition coefficient (Wildman–Crippen LogP) is 2.46. The van der Waals surface area contributed by atoms with E-state index in [9.17, 15) is 0 Å². The zero-order valence-corrected chi connectivity index (χ0v) is 9.85. The number of methoxy groups -OCH3 is 1. The summed E-state index contributed by atoms with van der Waals surface area (Å²) in [6.45, 7) is 1.11. The van der Waals surface area contributed by atoms with Gasteiger partial charge in [0.05, 0.1) is 7.11 Å². The molecule has 0 bridgehead atoms. The highest BCUT2D eigenvalue weighted by Gasteiger charge is 2.16. The fourth-order valence-corrected chi connectivity index (χ4v) is 2.91. The minimum Gasteiger partial charge on any atom is -0.496 e. The molecular formula is C12H17NOS. The highest BCUT2D eigenvalue weighted by Crippen LogP contribution is 2.28. The summed E-state index contributed by atoms with van der Waals surface area (Å²) in [5.74, 6) is 3.40. The lowest BCUT2D eigenvalue weighted by Gasteiger charge is -2.18. The molecule has 0 saturated carbocycles. The Morgan fingerprint density at radius 2 is 2.27 bits per heavy atom. The minimum atomic E-state index is 0.439. The first kappa shape index (κ1) is 10.8. The van der Waals surface area contributed by atoms with Gasteiger partial charge in [-0.25, -0.2) is 0 Å². The summed E-state index contributed by atoms with van der Waals surface area (Å²) in [5, 5.41) is 3.57. The van der Waals surface area contributed by atoms with Gasteiger partial charge in [0.15, 0.2) is 0 Å². The minimum absolute atomic E-state index is 0.439. The van der Waals surface area contributed by atoms with Crippen molar-refractivity contribution in [2.75, 3.05) is 25.2 Å². The molecule has 1 unspecified atom stereocenters. The Bertz CT molecular complexity index is 308. The first-order valence-electron chi connectivity index (χ1n) is 5.36. The fourth-order valence-electron chi connectivity index (χ4n) is 1.86. The molecule has 0 aromatic heterocycles. The van der Waals surface area contributed by atoms with Crippen LogP contribution in [0.5, 0.6) is 5.75 Å². The molecular weight excluding hydrogens is 206 g/mol. The number of hydrogen-bond acceptors (Lipinski definition) is 3. The molecule has 1 aromatic rings. The lowest BCUT2D eigenvalue weighted by molar-refractivity contribution is 0.402. The molecule has 0 aliphatic carbocycles. The van der Waals surface area contributed by atoms with Crippen LogP contribution < -0.4 is 10.1 Å². The first-order valence-corrected chi connectivity index (χ1v) is 6.51. The predicted molar refractivity (Wildman–Crippen MR) is 65.7 cm³/mol. The molecule has 0 radical (unpaired) electrons. The van der Waals surface area contributed by atoms with E-state index in [1.165, 1.54) is 17.7 Å². The Hall–Kier alpha value is -0.670. The van der Waals surface area contributed by atoms with Crippen LogP contribution in [0.3, 0.4) is 0 Å². The number of benzene rings is 1. The van der Waals surface area contributed by atoms with E-state index in [4.69, 9.17) is 4.74 Å². The Morgan fingerprint density at radius 3 is 3.13 bits per heavy atom. The van der Waals surface area contributed by atoms with Crippen LogP contribution in [0.1, 0.15) is 18.0 Å². The zero-order valence-electron chi connectivity index (χ0n) is 9.03. The van der Waals surface area contributed by atoms with Gasteiger partial charge in [-0.1, -0.05) is 18.2 Å². The van der Waals surface area contributed by atoms with Crippen molar-refractivity contribution in [1.29, 1.82) is 0 Å². The Balaban J connectivity index is 2.18. The number of thioether (sulfide) groups is 1. The molecule has 1 N–H and O–H groups in total. The molecule has 15 heavy (non-hydrogen) atoms. The van der Waals surface area contributed by atoms with Crippen LogP contribution in [0.4, 0.5) is 0 Å². The topological polar surface area (TPSA) is 21.3 Å². The third-order valence-electron chi connectivity index (χ3n) is 2.66. The summed E-state index contributed by atoms with van der Waals surface area (Å²) in [5.41, 5.74) is 1.29. The van der Waals surface area contributed by atoms with E-state index >= 15 is 0 Å². The molecule has 1 aromatic carbocycles. The summed E-state index contributed by atoms with van der Waals surface area (Å²) in [6.07, 6.45) is 1.26. The number of ether oxygens (including phenoxy) is 1. The van der Waals surface area contributed by atoms with Crippen molar-refractivity contribution in [3.8, 4) is 5.75 Å². The van der Waals surface area contributed by atoms with Gasteiger partial charge >= 0.3 is 0 Å². The van der Waals surface area contributed by atoms with Crippen LogP contribution in [0.2, 0.25) is 0 Å². The second kappa shape index (κ2) is 5.42. The lowest BCUT2D eigenvalue weighted by Crippen LogP contribution is -2.22. The van der Waals surface area contributed by atoms with Crippen LogP contribution in [0, 0.1) is 0 Å². The molecule has 0 amide bonds. The van der Waals surface area contributed by atoms with Crippen LogP contribution in [-0.2, 0) is 0 Å². The van der Waals surface area contributed by atoms with E-state index < -0.39 is 0 Å². The number of nitrogens with one attached hydrogen (secondary N) is 1. The first-order chi connectivity index (χ1) is 7.42. The lowest BCUT2D eigenvalue weighted by atomic mass is 10.1. The molecule has 1 heterocycles. The quantitative estimate of drug-likeness (QED) is 0.832. The molecule has 1 aliphatic heterocycles. The summed E-state index contributed by atoms with van der Waals surface area (Å²) >= 11 is 2.02. The van der Waals surface area contributed by atoms with Crippen LogP contribution in [0.15, 0.2) is 24.3 Å².